The molecule has 1 fully saturated rings. The van der Waals surface area contributed by atoms with Gasteiger partial charge in [-0.3, -0.25) is 4.40 Å². The fourth-order valence-corrected chi connectivity index (χ4v) is 2.33. The highest BCUT2D eigenvalue weighted by atomic mass is 15.3. The number of fused-ring (bicyclic) bond motifs is 1. The Balaban J connectivity index is 2.27. The van der Waals surface area contributed by atoms with Crippen molar-refractivity contribution in [1.29, 1.82) is 0 Å². The van der Waals surface area contributed by atoms with Crippen LogP contribution in [0.25, 0.3) is 5.78 Å². The van der Waals surface area contributed by atoms with Crippen LogP contribution in [0, 0.1) is 13.8 Å². The second-order valence-corrected chi connectivity index (χ2v) is 4.71. The molecule has 2 aromatic heterocycles. The van der Waals surface area contributed by atoms with Gasteiger partial charge in [0, 0.05) is 11.4 Å². The van der Waals surface area contributed by atoms with Gasteiger partial charge in [0.05, 0.1) is 5.54 Å². The SMILES string of the molecule is Cc1cc(C)n2c(C3(N)CCC3)nnc2n1. The molecule has 0 aliphatic heterocycles. The van der Waals surface area contributed by atoms with E-state index in [9.17, 15) is 0 Å². The number of aromatic nitrogens is 4. The average molecular weight is 217 g/mol. The van der Waals surface area contributed by atoms with Crippen molar-refractivity contribution >= 4 is 5.78 Å². The largest absolute Gasteiger partial charge is 0.319 e. The second kappa shape index (κ2) is 3.01. The molecule has 3 rings (SSSR count). The molecule has 0 spiro atoms. The minimum absolute atomic E-state index is 0.291. The first-order valence-electron chi connectivity index (χ1n) is 5.59. The summed E-state index contributed by atoms with van der Waals surface area (Å²) in [6.07, 6.45) is 3.14. The summed E-state index contributed by atoms with van der Waals surface area (Å²) in [6.45, 7) is 4.00. The number of hydrogen-bond donors (Lipinski definition) is 1. The standard InChI is InChI=1S/C11H15N5/c1-7-6-8(2)16-9(11(12)4-3-5-11)14-15-10(16)13-7/h6H,3-5,12H2,1-2H3. The third-order valence-corrected chi connectivity index (χ3v) is 3.38. The maximum Gasteiger partial charge on any atom is 0.255 e. The summed E-state index contributed by atoms with van der Waals surface area (Å²) < 4.78 is 1.98. The Hall–Kier alpha value is -1.49. The van der Waals surface area contributed by atoms with Crippen LogP contribution in [0.3, 0.4) is 0 Å². The smallest absolute Gasteiger partial charge is 0.255 e. The molecule has 0 radical (unpaired) electrons. The molecular formula is C11H15N5. The number of aryl methyl sites for hydroxylation is 2. The van der Waals surface area contributed by atoms with Crippen LogP contribution >= 0.6 is 0 Å². The molecule has 0 atom stereocenters. The highest BCUT2D eigenvalue weighted by molar-refractivity contribution is 5.34. The fraction of sp³-hybridized carbons (Fsp3) is 0.545. The molecule has 5 nitrogen and oxygen atoms in total. The van der Waals surface area contributed by atoms with Crippen LogP contribution in [0.4, 0.5) is 0 Å². The van der Waals surface area contributed by atoms with Gasteiger partial charge in [0.25, 0.3) is 5.78 Å². The zero-order valence-electron chi connectivity index (χ0n) is 9.56. The molecule has 1 aliphatic rings. The van der Waals surface area contributed by atoms with E-state index < -0.39 is 0 Å². The summed E-state index contributed by atoms with van der Waals surface area (Å²) in [5.41, 5.74) is 8.06. The van der Waals surface area contributed by atoms with Crippen LogP contribution in [0.1, 0.15) is 36.5 Å². The lowest BCUT2D eigenvalue weighted by Crippen LogP contribution is -2.45. The van der Waals surface area contributed by atoms with Gasteiger partial charge in [-0.2, -0.15) is 0 Å². The fourth-order valence-electron chi connectivity index (χ4n) is 2.33. The van der Waals surface area contributed by atoms with Gasteiger partial charge >= 0.3 is 0 Å². The molecule has 16 heavy (non-hydrogen) atoms. The molecule has 0 saturated heterocycles. The topological polar surface area (TPSA) is 69.1 Å². The van der Waals surface area contributed by atoms with Gasteiger partial charge < -0.3 is 5.73 Å². The molecule has 84 valence electrons. The Kier molecular flexibility index (Phi) is 1.83. The zero-order chi connectivity index (χ0) is 11.3. The summed E-state index contributed by atoms with van der Waals surface area (Å²) in [7, 11) is 0. The maximum absolute atomic E-state index is 6.29. The first-order valence-corrected chi connectivity index (χ1v) is 5.59. The van der Waals surface area contributed by atoms with Gasteiger partial charge in [-0.1, -0.05) is 0 Å². The van der Waals surface area contributed by atoms with Crippen LogP contribution in [-0.2, 0) is 5.54 Å². The number of hydrogen-bond acceptors (Lipinski definition) is 4. The van der Waals surface area contributed by atoms with Crippen molar-refractivity contribution in [2.75, 3.05) is 0 Å². The molecule has 0 aromatic carbocycles. The first-order chi connectivity index (χ1) is 7.60. The van der Waals surface area contributed by atoms with E-state index >= 15 is 0 Å². The van der Waals surface area contributed by atoms with Gasteiger partial charge in [-0.05, 0) is 39.2 Å². The molecule has 2 N–H and O–H groups in total. The molecule has 0 amide bonds. The van der Waals surface area contributed by atoms with Crippen molar-refractivity contribution in [3.63, 3.8) is 0 Å². The summed E-state index contributed by atoms with van der Waals surface area (Å²) in [4.78, 5) is 4.36. The maximum atomic E-state index is 6.29. The zero-order valence-corrected chi connectivity index (χ0v) is 9.56. The molecule has 2 heterocycles. The minimum atomic E-state index is -0.291. The van der Waals surface area contributed by atoms with E-state index in [0.717, 1.165) is 30.1 Å². The van der Waals surface area contributed by atoms with Crippen LogP contribution in [0.15, 0.2) is 6.07 Å². The van der Waals surface area contributed by atoms with Crippen molar-refractivity contribution in [3.8, 4) is 0 Å². The Morgan fingerprint density at radius 3 is 2.69 bits per heavy atom. The lowest BCUT2D eigenvalue weighted by atomic mass is 9.77. The monoisotopic (exact) mass is 217 g/mol. The van der Waals surface area contributed by atoms with Gasteiger partial charge in [0.15, 0.2) is 5.82 Å². The molecule has 0 unspecified atom stereocenters. The third-order valence-electron chi connectivity index (χ3n) is 3.38. The van der Waals surface area contributed by atoms with E-state index in [-0.39, 0.29) is 5.54 Å². The van der Waals surface area contributed by atoms with Crippen LogP contribution in [0.5, 0.6) is 0 Å². The number of nitrogens with zero attached hydrogens (tertiary/aromatic N) is 4. The van der Waals surface area contributed by atoms with Crippen LogP contribution in [-0.4, -0.2) is 19.6 Å². The van der Waals surface area contributed by atoms with Gasteiger partial charge in [0.1, 0.15) is 0 Å². The number of nitrogens with two attached hydrogens (primary N) is 1. The molecule has 1 aliphatic carbocycles. The lowest BCUT2D eigenvalue weighted by Gasteiger charge is -2.36. The summed E-state index contributed by atoms with van der Waals surface area (Å²) >= 11 is 0. The van der Waals surface area contributed by atoms with Crippen molar-refractivity contribution in [1.82, 2.24) is 19.6 Å². The molecule has 1 saturated carbocycles. The summed E-state index contributed by atoms with van der Waals surface area (Å²) in [5.74, 6) is 1.52. The van der Waals surface area contributed by atoms with Crippen LogP contribution < -0.4 is 5.73 Å². The van der Waals surface area contributed by atoms with E-state index in [1.165, 1.54) is 6.42 Å². The minimum Gasteiger partial charge on any atom is -0.319 e. The average Bonchev–Trinajstić information content (AvgIpc) is 2.58. The number of rotatable bonds is 1. The van der Waals surface area contributed by atoms with Crippen LogP contribution in [0.2, 0.25) is 0 Å². The highest BCUT2D eigenvalue weighted by Gasteiger charge is 2.39. The quantitative estimate of drug-likeness (QED) is 0.776. The summed E-state index contributed by atoms with van der Waals surface area (Å²) in [5, 5.41) is 8.33. The Labute approximate surface area is 93.7 Å². The first kappa shape index (κ1) is 9.72. The van der Waals surface area contributed by atoms with E-state index in [1.807, 2.05) is 24.3 Å². The van der Waals surface area contributed by atoms with Crippen molar-refractivity contribution in [3.05, 3.63) is 23.3 Å². The highest BCUT2D eigenvalue weighted by Crippen LogP contribution is 2.37. The predicted octanol–water partition coefficient (Wildman–Crippen LogP) is 1.08. The molecular weight excluding hydrogens is 202 g/mol. The van der Waals surface area contributed by atoms with E-state index in [2.05, 4.69) is 15.2 Å². The van der Waals surface area contributed by atoms with E-state index in [4.69, 9.17) is 5.73 Å². The van der Waals surface area contributed by atoms with Gasteiger partial charge in [0.2, 0.25) is 0 Å². The normalized spacial score (nSPS) is 18.7. The Bertz CT molecular complexity index is 553. The molecule has 0 bridgehead atoms. The van der Waals surface area contributed by atoms with Crippen molar-refractivity contribution in [2.45, 2.75) is 38.6 Å². The predicted molar refractivity (Wildman–Crippen MR) is 60.0 cm³/mol. The second-order valence-electron chi connectivity index (χ2n) is 4.71. The van der Waals surface area contributed by atoms with Gasteiger partial charge in [-0.25, -0.2) is 4.98 Å². The van der Waals surface area contributed by atoms with E-state index in [0.29, 0.717) is 5.78 Å². The molecule has 2 aromatic rings. The van der Waals surface area contributed by atoms with E-state index in [1.54, 1.807) is 0 Å². The van der Waals surface area contributed by atoms with Crippen molar-refractivity contribution < 1.29 is 0 Å². The molecule has 5 heteroatoms. The third kappa shape index (κ3) is 1.18. The lowest BCUT2D eigenvalue weighted by molar-refractivity contribution is 0.236. The van der Waals surface area contributed by atoms with Crippen molar-refractivity contribution in [2.24, 2.45) is 5.73 Å². The summed E-state index contributed by atoms with van der Waals surface area (Å²) in [6, 6.07) is 2.03. The Morgan fingerprint density at radius 1 is 1.31 bits per heavy atom. The Morgan fingerprint density at radius 2 is 2.06 bits per heavy atom. The van der Waals surface area contributed by atoms with Gasteiger partial charge in [-0.15, -0.1) is 10.2 Å².